The van der Waals surface area contributed by atoms with Gasteiger partial charge in [0.1, 0.15) is 5.75 Å². The molecule has 104 valence electrons. The van der Waals surface area contributed by atoms with Crippen LogP contribution in [0.25, 0.3) is 0 Å². The summed E-state index contributed by atoms with van der Waals surface area (Å²) in [5.74, 6) is 0.372. The number of nitrogens with two attached hydrogens (primary N) is 1. The molecule has 0 aliphatic rings. The molecule has 2 rings (SSSR count). The van der Waals surface area contributed by atoms with E-state index in [9.17, 15) is 4.79 Å². The van der Waals surface area contributed by atoms with Gasteiger partial charge in [-0.25, -0.2) is 0 Å². The lowest BCUT2D eigenvalue weighted by molar-refractivity contribution is 0.102. The summed E-state index contributed by atoms with van der Waals surface area (Å²) in [7, 11) is 0. The molecule has 0 atom stereocenters. The van der Waals surface area contributed by atoms with Crippen molar-refractivity contribution in [2.24, 2.45) is 0 Å². The molecule has 5 nitrogen and oxygen atoms in total. The lowest BCUT2D eigenvalue weighted by Crippen LogP contribution is -2.12. The van der Waals surface area contributed by atoms with Crippen molar-refractivity contribution in [2.75, 3.05) is 17.7 Å². The number of amides is 1. The Labute approximate surface area is 117 Å². The van der Waals surface area contributed by atoms with E-state index in [2.05, 4.69) is 10.3 Å². The number of carbonyl (C=O) groups is 1. The molecule has 0 unspecified atom stereocenters. The maximum atomic E-state index is 12.1. The summed E-state index contributed by atoms with van der Waals surface area (Å²) in [4.78, 5) is 16.0. The molecule has 0 saturated heterocycles. The zero-order valence-electron chi connectivity index (χ0n) is 11.3. The molecule has 1 amide bonds. The molecule has 0 aliphatic heterocycles. The normalized spacial score (nSPS) is 10.1. The summed E-state index contributed by atoms with van der Waals surface area (Å²) >= 11 is 0. The number of rotatable bonds is 5. The Balaban J connectivity index is 2.09. The third kappa shape index (κ3) is 3.47. The number of ether oxygens (including phenoxy) is 1. The van der Waals surface area contributed by atoms with E-state index in [1.165, 1.54) is 0 Å². The second-order valence-corrected chi connectivity index (χ2v) is 4.30. The molecule has 0 saturated carbocycles. The Morgan fingerprint density at radius 1 is 1.40 bits per heavy atom. The van der Waals surface area contributed by atoms with Gasteiger partial charge in [-0.2, -0.15) is 0 Å². The second-order valence-electron chi connectivity index (χ2n) is 4.30. The van der Waals surface area contributed by atoms with E-state index < -0.39 is 0 Å². The van der Waals surface area contributed by atoms with E-state index in [-0.39, 0.29) is 5.91 Å². The van der Waals surface area contributed by atoms with Crippen molar-refractivity contribution in [3.05, 3.63) is 48.3 Å². The van der Waals surface area contributed by atoms with E-state index >= 15 is 0 Å². The number of hydrogen-bond acceptors (Lipinski definition) is 4. The van der Waals surface area contributed by atoms with Gasteiger partial charge in [0.25, 0.3) is 5.91 Å². The van der Waals surface area contributed by atoms with E-state index in [1.54, 1.807) is 42.7 Å². The van der Waals surface area contributed by atoms with Crippen molar-refractivity contribution in [2.45, 2.75) is 13.3 Å². The molecule has 1 aromatic carbocycles. The third-order valence-corrected chi connectivity index (χ3v) is 2.65. The predicted octanol–water partition coefficient (Wildman–Crippen LogP) is 2.70. The molecule has 0 fully saturated rings. The van der Waals surface area contributed by atoms with Crippen molar-refractivity contribution in [1.29, 1.82) is 0 Å². The van der Waals surface area contributed by atoms with E-state index in [0.717, 1.165) is 6.42 Å². The molecule has 0 spiro atoms. The highest BCUT2D eigenvalue weighted by Gasteiger charge is 2.09. The summed E-state index contributed by atoms with van der Waals surface area (Å²) < 4.78 is 5.47. The summed E-state index contributed by atoms with van der Waals surface area (Å²) in [6.45, 7) is 2.62. The van der Waals surface area contributed by atoms with Crippen molar-refractivity contribution in [3.8, 4) is 5.75 Å². The Kier molecular flexibility index (Phi) is 4.55. The number of pyridine rings is 1. The fourth-order valence-corrected chi connectivity index (χ4v) is 1.67. The van der Waals surface area contributed by atoms with Crippen LogP contribution in [0.1, 0.15) is 23.7 Å². The van der Waals surface area contributed by atoms with Crippen molar-refractivity contribution < 1.29 is 9.53 Å². The van der Waals surface area contributed by atoms with E-state index in [0.29, 0.717) is 29.3 Å². The first kappa shape index (κ1) is 13.9. The molecule has 0 bridgehead atoms. The maximum Gasteiger partial charge on any atom is 0.255 e. The van der Waals surface area contributed by atoms with Crippen LogP contribution in [-0.4, -0.2) is 17.5 Å². The van der Waals surface area contributed by atoms with Crippen LogP contribution >= 0.6 is 0 Å². The summed E-state index contributed by atoms with van der Waals surface area (Å²) in [5, 5.41) is 2.75. The number of hydrogen-bond donors (Lipinski definition) is 2. The van der Waals surface area contributed by atoms with Crippen molar-refractivity contribution in [3.63, 3.8) is 0 Å². The van der Waals surface area contributed by atoms with Gasteiger partial charge in [-0.3, -0.25) is 9.78 Å². The summed E-state index contributed by atoms with van der Waals surface area (Å²) in [5.41, 5.74) is 7.45. The van der Waals surface area contributed by atoms with Gasteiger partial charge < -0.3 is 15.8 Å². The van der Waals surface area contributed by atoms with Crippen LogP contribution in [0.3, 0.4) is 0 Å². The second kappa shape index (κ2) is 6.56. The smallest absolute Gasteiger partial charge is 0.255 e. The van der Waals surface area contributed by atoms with Crippen LogP contribution in [0.5, 0.6) is 5.75 Å². The Morgan fingerprint density at radius 2 is 2.25 bits per heavy atom. The number of nitrogens with zero attached hydrogens (tertiary/aromatic N) is 1. The number of benzene rings is 1. The highest BCUT2D eigenvalue weighted by Crippen LogP contribution is 2.23. The molecular weight excluding hydrogens is 254 g/mol. The van der Waals surface area contributed by atoms with E-state index in [4.69, 9.17) is 10.5 Å². The van der Waals surface area contributed by atoms with Crippen LogP contribution in [0.2, 0.25) is 0 Å². The number of aromatic nitrogens is 1. The Morgan fingerprint density at radius 3 is 2.90 bits per heavy atom. The Bertz CT molecular complexity index is 585. The first-order valence-corrected chi connectivity index (χ1v) is 6.44. The average Bonchev–Trinajstić information content (AvgIpc) is 2.47. The number of anilines is 2. The summed E-state index contributed by atoms with van der Waals surface area (Å²) in [6, 6.07) is 8.53. The van der Waals surface area contributed by atoms with Crippen LogP contribution in [0.15, 0.2) is 42.7 Å². The standard InChI is InChI=1S/C15H17N3O2/c1-2-8-20-14-6-5-11(9-13(14)16)15(19)18-12-4-3-7-17-10-12/h3-7,9-10H,2,8,16H2,1H3,(H,18,19). The van der Waals surface area contributed by atoms with Crippen LogP contribution in [0.4, 0.5) is 11.4 Å². The highest BCUT2D eigenvalue weighted by atomic mass is 16.5. The van der Waals surface area contributed by atoms with Gasteiger partial charge in [0.2, 0.25) is 0 Å². The third-order valence-electron chi connectivity index (χ3n) is 2.65. The molecule has 3 N–H and O–H groups in total. The highest BCUT2D eigenvalue weighted by molar-refractivity contribution is 6.04. The predicted molar refractivity (Wildman–Crippen MR) is 78.8 cm³/mol. The van der Waals surface area contributed by atoms with Gasteiger partial charge in [-0.05, 0) is 36.8 Å². The minimum absolute atomic E-state index is 0.230. The maximum absolute atomic E-state index is 12.1. The first-order valence-electron chi connectivity index (χ1n) is 6.44. The minimum atomic E-state index is -0.230. The molecule has 20 heavy (non-hydrogen) atoms. The van der Waals surface area contributed by atoms with Gasteiger partial charge >= 0.3 is 0 Å². The van der Waals surface area contributed by atoms with Gasteiger partial charge in [0, 0.05) is 11.8 Å². The molecule has 2 aromatic rings. The minimum Gasteiger partial charge on any atom is -0.491 e. The molecule has 1 aromatic heterocycles. The van der Waals surface area contributed by atoms with Gasteiger partial charge in [-0.1, -0.05) is 6.92 Å². The van der Waals surface area contributed by atoms with Crippen LogP contribution in [-0.2, 0) is 0 Å². The fraction of sp³-hybridized carbons (Fsp3) is 0.200. The molecule has 0 radical (unpaired) electrons. The number of nitrogen functional groups attached to an aromatic ring is 1. The van der Waals surface area contributed by atoms with Gasteiger partial charge in [-0.15, -0.1) is 0 Å². The molecule has 5 heteroatoms. The number of nitrogens with one attached hydrogen (secondary N) is 1. The lowest BCUT2D eigenvalue weighted by atomic mass is 10.1. The van der Waals surface area contributed by atoms with Gasteiger partial charge in [0.15, 0.2) is 0 Å². The molecule has 0 aliphatic carbocycles. The topological polar surface area (TPSA) is 77.2 Å². The molecule has 1 heterocycles. The summed E-state index contributed by atoms with van der Waals surface area (Å²) in [6.07, 6.45) is 4.14. The lowest BCUT2D eigenvalue weighted by Gasteiger charge is -2.10. The molecular formula is C15H17N3O2. The SMILES string of the molecule is CCCOc1ccc(C(=O)Nc2cccnc2)cc1N. The van der Waals surface area contributed by atoms with Gasteiger partial charge in [0.05, 0.1) is 24.2 Å². The van der Waals surface area contributed by atoms with Crippen LogP contribution in [0, 0.1) is 0 Å². The zero-order valence-corrected chi connectivity index (χ0v) is 11.3. The van der Waals surface area contributed by atoms with E-state index in [1.807, 2.05) is 6.92 Å². The average molecular weight is 271 g/mol. The monoisotopic (exact) mass is 271 g/mol. The first-order chi connectivity index (χ1) is 9.70. The van der Waals surface area contributed by atoms with Crippen LogP contribution < -0.4 is 15.8 Å². The Hall–Kier alpha value is -2.56. The van der Waals surface area contributed by atoms with Crippen molar-refractivity contribution in [1.82, 2.24) is 4.98 Å². The largest absolute Gasteiger partial charge is 0.491 e. The number of carbonyl (C=O) groups excluding carboxylic acids is 1. The zero-order chi connectivity index (χ0) is 14.4. The quantitative estimate of drug-likeness (QED) is 0.820. The van der Waals surface area contributed by atoms with Crippen molar-refractivity contribution >= 4 is 17.3 Å². The fourth-order valence-electron chi connectivity index (χ4n) is 1.67.